The van der Waals surface area contributed by atoms with Crippen LogP contribution in [0.3, 0.4) is 0 Å². The molecular formula is C18H11Cl2FN4O2. The van der Waals surface area contributed by atoms with E-state index in [1.165, 1.54) is 36.7 Å². The number of halogens is 3. The number of anilines is 2. The highest BCUT2D eigenvalue weighted by molar-refractivity contribution is 6.31. The van der Waals surface area contributed by atoms with Crippen LogP contribution in [-0.4, -0.2) is 26.0 Å². The summed E-state index contributed by atoms with van der Waals surface area (Å²) in [5.74, 6) is -1.18. The van der Waals surface area contributed by atoms with Crippen molar-refractivity contribution < 1.29 is 14.3 Å². The van der Waals surface area contributed by atoms with Crippen LogP contribution in [0.5, 0.6) is 0 Å². The number of carbonyl (C=O) groups is 1. The highest BCUT2D eigenvalue weighted by Gasteiger charge is 2.13. The molecule has 27 heavy (non-hydrogen) atoms. The van der Waals surface area contributed by atoms with Gasteiger partial charge in [-0.05, 0) is 30.3 Å². The molecule has 2 N–H and O–H groups in total. The second-order valence-electron chi connectivity index (χ2n) is 5.54. The highest BCUT2D eigenvalue weighted by atomic mass is 35.5. The van der Waals surface area contributed by atoms with Crippen molar-refractivity contribution in [2.24, 2.45) is 0 Å². The first-order valence-electron chi connectivity index (χ1n) is 7.52. The molecule has 9 heteroatoms. The predicted molar refractivity (Wildman–Crippen MR) is 104 cm³/mol. The van der Waals surface area contributed by atoms with Gasteiger partial charge in [0.05, 0.1) is 16.1 Å². The summed E-state index contributed by atoms with van der Waals surface area (Å²) >= 11 is 5.82. The summed E-state index contributed by atoms with van der Waals surface area (Å²) in [6.07, 6.45) is 3.03. The minimum absolute atomic E-state index is 0. The maximum atomic E-state index is 13.4. The quantitative estimate of drug-likeness (QED) is 0.475. The van der Waals surface area contributed by atoms with E-state index in [4.69, 9.17) is 11.6 Å². The summed E-state index contributed by atoms with van der Waals surface area (Å²) in [4.78, 5) is 24.0. The molecule has 2 aromatic heterocycles. The summed E-state index contributed by atoms with van der Waals surface area (Å²) < 4.78 is 13.4. The van der Waals surface area contributed by atoms with Gasteiger partial charge in [0.15, 0.2) is 5.82 Å². The molecular weight excluding hydrogens is 394 g/mol. The molecule has 0 bridgehead atoms. The topological polar surface area (TPSA) is 88.0 Å². The molecule has 4 aromatic rings. The predicted octanol–water partition coefficient (Wildman–Crippen LogP) is 4.83. The molecule has 0 saturated carbocycles. The smallest absolute Gasteiger partial charge is 0.335 e. The number of hydrogen-bond acceptors (Lipinski definition) is 5. The Balaban J connectivity index is 0.00000210. The van der Waals surface area contributed by atoms with Gasteiger partial charge in [0.25, 0.3) is 0 Å². The number of nitrogens with one attached hydrogen (secondary N) is 1. The van der Waals surface area contributed by atoms with Crippen LogP contribution in [0, 0.1) is 5.82 Å². The average molecular weight is 405 g/mol. The molecule has 0 atom stereocenters. The first-order chi connectivity index (χ1) is 12.5. The monoisotopic (exact) mass is 404 g/mol. The van der Waals surface area contributed by atoms with Crippen molar-refractivity contribution >= 4 is 63.3 Å². The lowest BCUT2D eigenvalue weighted by molar-refractivity contribution is 0.0697. The number of fused-ring (bicyclic) bond motifs is 3. The number of carboxylic acid groups (broad SMARTS) is 1. The van der Waals surface area contributed by atoms with Crippen molar-refractivity contribution in [3.05, 3.63) is 65.3 Å². The van der Waals surface area contributed by atoms with Crippen LogP contribution in [-0.2, 0) is 0 Å². The van der Waals surface area contributed by atoms with Gasteiger partial charge in [0.1, 0.15) is 17.7 Å². The normalized spacial score (nSPS) is 10.6. The van der Waals surface area contributed by atoms with Crippen LogP contribution in [0.15, 0.2) is 48.9 Å². The SMILES string of the molecule is Cl.O=C(O)c1ccc2c(c1)nc(Nc1ccc(F)c(Cl)c1)c1ncncc12. The Hall–Kier alpha value is -3.03. The molecule has 0 amide bonds. The van der Waals surface area contributed by atoms with Crippen LogP contribution < -0.4 is 5.32 Å². The third kappa shape index (κ3) is 3.47. The first kappa shape index (κ1) is 18.8. The summed E-state index contributed by atoms with van der Waals surface area (Å²) in [5.41, 5.74) is 1.67. The zero-order valence-corrected chi connectivity index (χ0v) is 15.1. The minimum Gasteiger partial charge on any atom is -0.478 e. The molecule has 2 heterocycles. The Kier molecular flexibility index (Phi) is 5.07. The van der Waals surface area contributed by atoms with Crippen molar-refractivity contribution in [1.29, 1.82) is 0 Å². The van der Waals surface area contributed by atoms with E-state index in [0.29, 0.717) is 27.9 Å². The Morgan fingerprint density at radius 2 is 1.96 bits per heavy atom. The van der Waals surface area contributed by atoms with Crippen LogP contribution in [0.4, 0.5) is 15.9 Å². The largest absolute Gasteiger partial charge is 0.478 e. The van der Waals surface area contributed by atoms with Crippen LogP contribution >= 0.6 is 24.0 Å². The standard InChI is InChI=1S/C18H10ClFN4O2.ClH/c19-13-6-10(2-4-14(13)20)23-17-16-12(7-21-8-22-16)11-3-1-9(18(25)26)5-15(11)24-17;/h1-8H,(H,23,24)(H,25,26);1H. The van der Waals surface area contributed by atoms with Crippen LogP contribution in [0.1, 0.15) is 10.4 Å². The second-order valence-corrected chi connectivity index (χ2v) is 5.94. The molecule has 0 aliphatic carbocycles. The number of benzene rings is 2. The molecule has 6 nitrogen and oxygen atoms in total. The molecule has 0 fully saturated rings. The Morgan fingerprint density at radius 1 is 1.15 bits per heavy atom. The van der Waals surface area contributed by atoms with Crippen LogP contribution in [0.25, 0.3) is 21.8 Å². The zero-order valence-electron chi connectivity index (χ0n) is 13.5. The maximum Gasteiger partial charge on any atom is 0.335 e. The lowest BCUT2D eigenvalue weighted by Crippen LogP contribution is -2.00. The summed E-state index contributed by atoms with van der Waals surface area (Å²) in [6.45, 7) is 0. The fraction of sp³-hybridized carbons (Fsp3) is 0. The fourth-order valence-electron chi connectivity index (χ4n) is 2.67. The summed E-state index contributed by atoms with van der Waals surface area (Å²) in [5, 5.41) is 13.7. The van der Waals surface area contributed by atoms with Gasteiger partial charge in [-0.1, -0.05) is 17.7 Å². The molecule has 4 rings (SSSR count). The van der Waals surface area contributed by atoms with Crippen LogP contribution in [0.2, 0.25) is 5.02 Å². The van der Waals surface area contributed by atoms with Crippen molar-refractivity contribution in [2.45, 2.75) is 0 Å². The Bertz CT molecular complexity index is 1190. The van der Waals surface area contributed by atoms with Gasteiger partial charge in [0.2, 0.25) is 0 Å². The minimum atomic E-state index is -1.04. The van der Waals surface area contributed by atoms with Gasteiger partial charge >= 0.3 is 5.97 Å². The fourth-order valence-corrected chi connectivity index (χ4v) is 2.85. The van der Waals surface area contributed by atoms with E-state index in [1.807, 2.05) is 0 Å². The number of nitrogens with zero attached hydrogens (tertiary/aromatic N) is 3. The number of carboxylic acids is 1. The number of hydrogen-bond donors (Lipinski definition) is 2. The molecule has 2 aromatic carbocycles. The number of pyridine rings is 1. The van der Waals surface area contributed by atoms with E-state index in [1.54, 1.807) is 12.3 Å². The maximum absolute atomic E-state index is 13.4. The number of aromatic carboxylic acids is 1. The van der Waals surface area contributed by atoms with E-state index < -0.39 is 11.8 Å². The molecule has 0 saturated heterocycles. The van der Waals surface area contributed by atoms with E-state index in [9.17, 15) is 14.3 Å². The zero-order chi connectivity index (χ0) is 18.3. The van der Waals surface area contributed by atoms with Gasteiger partial charge in [-0.25, -0.2) is 24.1 Å². The van der Waals surface area contributed by atoms with Gasteiger partial charge in [-0.3, -0.25) is 0 Å². The molecule has 0 aliphatic heterocycles. The Morgan fingerprint density at radius 3 is 2.70 bits per heavy atom. The average Bonchev–Trinajstić information content (AvgIpc) is 2.64. The summed E-state index contributed by atoms with van der Waals surface area (Å²) in [6, 6.07) is 8.86. The summed E-state index contributed by atoms with van der Waals surface area (Å²) in [7, 11) is 0. The lowest BCUT2D eigenvalue weighted by atomic mass is 10.1. The van der Waals surface area contributed by atoms with E-state index in [0.717, 1.165) is 5.39 Å². The van der Waals surface area contributed by atoms with E-state index >= 15 is 0 Å². The lowest BCUT2D eigenvalue weighted by Gasteiger charge is -2.11. The van der Waals surface area contributed by atoms with E-state index in [2.05, 4.69) is 20.3 Å². The highest BCUT2D eigenvalue weighted by Crippen LogP contribution is 2.30. The number of aromatic nitrogens is 3. The van der Waals surface area contributed by atoms with Gasteiger partial charge < -0.3 is 10.4 Å². The molecule has 0 spiro atoms. The van der Waals surface area contributed by atoms with Gasteiger partial charge in [0, 0.05) is 22.7 Å². The third-order valence-electron chi connectivity index (χ3n) is 3.89. The van der Waals surface area contributed by atoms with E-state index in [-0.39, 0.29) is 23.0 Å². The number of rotatable bonds is 3. The van der Waals surface area contributed by atoms with Crippen molar-refractivity contribution in [3.63, 3.8) is 0 Å². The molecule has 0 unspecified atom stereocenters. The van der Waals surface area contributed by atoms with Crippen molar-refractivity contribution in [1.82, 2.24) is 15.0 Å². The van der Waals surface area contributed by atoms with Crippen molar-refractivity contribution in [2.75, 3.05) is 5.32 Å². The second kappa shape index (κ2) is 7.30. The molecule has 0 radical (unpaired) electrons. The third-order valence-corrected chi connectivity index (χ3v) is 4.18. The molecule has 136 valence electrons. The van der Waals surface area contributed by atoms with Gasteiger partial charge in [-0.2, -0.15) is 0 Å². The molecule has 0 aliphatic rings. The van der Waals surface area contributed by atoms with Crippen molar-refractivity contribution in [3.8, 4) is 0 Å². The Labute approximate surface area is 163 Å². The van der Waals surface area contributed by atoms with Gasteiger partial charge in [-0.15, -0.1) is 12.4 Å². The first-order valence-corrected chi connectivity index (χ1v) is 7.89.